The van der Waals surface area contributed by atoms with Crippen molar-refractivity contribution in [3.63, 3.8) is 0 Å². The smallest absolute Gasteiger partial charge is 0.141 e. The predicted molar refractivity (Wildman–Crippen MR) is 59.7 cm³/mol. The largest absolute Gasteiger partial charge is 0.491 e. The van der Waals surface area contributed by atoms with Crippen LogP contribution in [0.25, 0.3) is 0 Å². The van der Waals surface area contributed by atoms with E-state index in [0.29, 0.717) is 18.1 Å². The van der Waals surface area contributed by atoms with E-state index in [0.717, 1.165) is 29.6 Å². The van der Waals surface area contributed by atoms with Crippen LogP contribution in [0.2, 0.25) is 5.02 Å². The first kappa shape index (κ1) is 10.5. The summed E-state index contributed by atoms with van der Waals surface area (Å²) in [5.41, 5.74) is 2.28. The third-order valence-corrected chi connectivity index (χ3v) is 3.06. The molecule has 0 radical (unpaired) electrons. The van der Waals surface area contributed by atoms with E-state index >= 15 is 0 Å². The summed E-state index contributed by atoms with van der Waals surface area (Å²) in [4.78, 5) is 10.4. The number of halogens is 1. The minimum absolute atomic E-state index is 0.228. The van der Waals surface area contributed by atoms with E-state index < -0.39 is 0 Å². The highest BCUT2D eigenvalue weighted by molar-refractivity contribution is 6.32. The second-order valence-electron chi connectivity index (χ2n) is 3.89. The summed E-state index contributed by atoms with van der Waals surface area (Å²) in [7, 11) is 0. The molecule has 80 valence electrons. The highest BCUT2D eigenvalue weighted by Gasteiger charge is 2.18. The number of hydrogen-bond acceptors (Lipinski definition) is 2. The average Bonchev–Trinajstić information content (AvgIpc) is 2.66. The Balaban J connectivity index is 2.34. The van der Waals surface area contributed by atoms with Gasteiger partial charge in [0.1, 0.15) is 12.0 Å². The Morgan fingerprint density at radius 3 is 3.13 bits per heavy atom. The standard InChI is InChI=1S/C12H13ClO2/c1-8(2-4-14)10-6-9-3-5-15-12(9)11(13)7-10/h4,6-8H,2-3,5H2,1H3. The first-order valence-corrected chi connectivity index (χ1v) is 5.49. The zero-order chi connectivity index (χ0) is 10.8. The molecule has 0 N–H and O–H groups in total. The fourth-order valence-corrected chi connectivity index (χ4v) is 2.15. The molecule has 0 bridgehead atoms. The quantitative estimate of drug-likeness (QED) is 0.738. The summed E-state index contributed by atoms with van der Waals surface area (Å²) in [6.45, 7) is 2.74. The van der Waals surface area contributed by atoms with Gasteiger partial charge in [0.2, 0.25) is 0 Å². The van der Waals surface area contributed by atoms with Gasteiger partial charge in [0.15, 0.2) is 0 Å². The molecule has 1 aromatic carbocycles. The van der Waals surface area contributed by atoms with E-state index in [1.165, 1.54) is 0 Å². The Kier molecular flexibility index (Phi) is 2.96. The fourth-order valence-electron chi connectivity index (χ4n) is 1.85. The van der Waals surface area contributed by atoms with Crippen molar-refractivity contribution in [1.82, 2.24) is 0 Å². The van der Waals surface area contributed by atoms with Gasteiger partial charge in [-0.1, -0.05) is 24.6 Å². The summed E-state index contributed by atoms with van der Waals surface area (Å²) in [5.74, 6) is 1.05. The van der Waals surface area contributed by atoms with Gasteiger partial charge in [-0.15, -0.1) is 0 Å². The van der Waals surface area contributed by atoms with Gasteiger partial charge in [-0.2, -0.15) is 0 Å². The normalized spacial score (nSPS) is 15.6. The SMILES string of the molecule is CC(CC=O)c1cc(Cl)c2c(c1)CCO2. The van der Waals surface area contributed by atoms with Crippen molar-refractivity contribution >= 4 is 17.9 Å². The summed E-state index contributed by atoms with van der Waals surface area (Å²) >= 11 is 6.11. The summed E-state index contributed by atoms with van der Waals surface area (Å²) in [5, 5.41) is 0.665. The molecule has 1 unspecified atom stereocenters. The lowest BCUT2D eigenvalue weighted by Gasteiger charge is -2.11. The number of hydrogen-bond donors (Lipinski definition) is 0. The first-order chi connectivity index (χ1) is 7.22. The molecule has 2 rings (SSSR count). The first-order valence-electron chi connectivity index (χ1n) is 5.11. The minimum Gasteiger partial charge on any atom is -0.491 e. The summed E-state index contributed by atoms with van der Waals surface area (Å²) in [6, 6.07) is 4.00. The van der Waals surface area contributed by atoms with E-state index in [9.17, 15) is 4.79 Å². The molecule has 0 saturated heterocycles. The van der Waals surface area contributed by atoms with Crippen molar-refractivity contribution in [1.29, 1.82) is 0 Å². The Morgan fingerprint density at radius 2 is 2.40 bits per heavy atom. The van der Waals surface area contributed by atoms with Crippen molar-refractivity contribution < 1.29 is 9.53 Å². The van der Waals surface area contributed by atoms with Gasteiger partial charge in [0.05, 0.1) is 11.6 Å². The Hall–Kier alpha value is -1.02. The van der Waals surface area contributed by atoms with Crippen LogP contribution in [0.3, 0.4) is 0 Å². The van der Waals surface area contributed by atoms with Crippen molar-refractivity contribution in [2.24, 2.45) is 0 Å². The number of ether oxygens (including phenoxy) is 1. The maximum atomic E-state index is 10.4. The second kappa shape index (κ2) is 4.23. The monoisotopic (exact) mass is 224 g/mol. The highest BCUT2D eigenvalue weighted by atomic mass is 35.5. The molecular weight excluding hydrogens is 212 g/mol. The van der Waals surface area contributed by atoms with Gasteiger partial charge in [-0.3, -0.25) is 0 Å². The van der Waals surface area contributed by atoms with Crippen molar-refractivity contribution in [2.75, 3.05) is 6.61 Å². The molecule has 1 aliphatic heterocycles. The predicted octanol–water partition coefficient (Wildman–Crippen LogP) is 2.97. The van der Waals surface area contributed by atoms with Crippen LogP contribution in [0.5, 0.6) is 5.75 Å². The number of carbonyl (C=O) groups excluding carboxylic acids is 1. The molecule has 2 nitrogen and oxygen atoms in total. The molecule has 1 heterocycles. The molecule has 3 heteroatoms. The lowest BCUT2D eigenvalue weighted by molar-refractivity contribution is -0.108. The Bertz CT molecular complexity index is 387. The fraction of sp³-hybridized carbons (Fsp3) is 0.417. The summed E-state index contributed by atoms with van der Waals surface area (Å²) in [6.07, 6.45) is 2.40. The third-order valence-electron chi connectivity index (χ3n) is 2.78. The molecule has 15 heavy (non-hydrogen) atoms. The van der Waals surface area contributed by atoms with Gasteiger partial charge in [0, 0.05) is 12.8 Å². The average molecular weight is 225 g/mol. The van der Waals surface area contributed by atoms with Gasteiger partial charge < -0.3 is 9.53 Å². The molecule has 0 aromatic heterocycles. The molecule has 0 amide bonds. The van der Waals surface area contributed by atoms with Crippen LogP contribution < -0.4 is 4.74 Å². The van der Waals surface area contributed by atoms with E-state index in [2.05, 4.69) is 6.07 Å². The van der Waals surface area contributed by atoms with E-state index in [1.54, 1.807) is 0 Å². The van der Waals surface area contributed by atoms with Gasteiger partial charge in [0.25, 0.3) is 0 Å². The Labute approximate surface area is 94.2 Å². The van der Waals surface area contributed by atoms with Gasteiger partial charge >= 0.3 is 0 Å². The Morgan fingerprint density at radius 1 is 1.60 bits per heavy atom. The van der Waals surface area contributed by atoms with Crippen LogP contribution in [0.1, 0.15) is 30.4 Å². The molecular formula is C12H13ClO2. The van der Waals surface area contributed by atoms with Crippen LogP contribution in [-0.4, -0.2) is 12.9 Å². The van der Waals surface area contributed by atoms with Gasteiger partial charge in [-0.25, -0.2) is 0 Å². The lowest BCUT2D eigenvalue weighted by atomic mass is 9.96. The number of carbonyl (C=O) groups is 1. The molecule has 0 fully saturated rings. The molecule has 0 saturated carbocycles. The molecule has 1 atom stereocenters. The van der Waals surface area contributed by atoms with Crippen LogP contribution in [0.4, 0.5) is 0 Å². The lowest BCUT2D eigenvalue weighted by Crippen LogP contribution is -1.95. The maximum absolute atomic E-state index is 10.4. The van der Waals surface area contributed by atoms with Crippen LogP contribution in [0.15, 0.2) is 12.1 Å². The minimum atomic E-state index is 0.228. The van der Waals surface area contributed by atoms with E-state index in [4.69, 9.17) is 16.3 Å². The van der Waals surface area contributed by atoms with Crippen LogP contribution >= 0.6 is 11.6 Å². The second-order valence-corrected chi connectivity index (χ2v) is 4.30. The van der Waals surface area contributed by atoms with Crippen molar-refractivity contribution in [2.45, 2.75) is 25.7 Å². The molecule has 1 aliphatic rings. The van der Waals surface area contributed by atoms with Crippen molar-refractivity contribution in [3.8, 4) is 5.75 Å². The van der Waals surface area contributed by atoms with Crippen LogP contribution in [0, 0.1) is 0 Å². The highest BCUT2D eigenvalue weighted by Crippen LogP contribution is 2.36. The topological polar surface area (TPSA) is 26.3 Å². The number of rotatable bonds is 3. The van der Waals surface area contributed by atoms with Crippen molar-refractivity contribution in [3.05, 3.63) is 28.3 Å². The number of fused-ring (bicyclic) bond motifs is 1. The van der Waals surface area contributed by atoms with E-state index in [1.807, 2.05) is 13.0 Å². The van der Waals surface area contributed by atoms with E-state index in [-0.39, 0.29) is 5.92 Å². The van der Waals surface area contributed by atoms with Gasteiger partial charge in [-0.05, 0) is 23.1 Å². The molecule has 0 spiro atoms. The number of aldehydes is 1. The van der Waals surface area contributed by atoms with Crippen LogP contribution in [-0.2, 0) is 11.2 Å². The zero-order valence-electron chi connectivity index (χ0n) is 8.63. The molecule has 0 aliphatic carbocycles. The third kappa shape index (κ3) is 2.00. The zero-order valence-corrected chi connectivity index (χ0v) is 9.38. The summed E-state index contributed by atoms with van der Waals surface area (Å²) < 4.78 is 5.42. The maximum Gasteiger partial charge on any atom is 0.141 e. The number of benzene rings is 1. The molecule has 1 aromatic rings.